The molecule has 0 fully saturated rings. The predicted molar refractivity (Wildman–Crippen MR) is 51.1 cm³/mol. The van der Waals surface area contributed by atoms with Crippen LogP contribution in [0.25, 0.3) is 0 Å². The van der Waals surface area contributed by atoms with E-state index in [-0.39, 0.29) is 6.10 Å². The van der Waals surface area contributed by atoms with Crippen LogP contribution in [0.15, 0.2) is 24.3 Å². The van der Waals surface area contributed by atoms with Gasteiger partial charge in [0.15, 0.2) is 0 Å². The van der Waals surface area contributed by atoms with Crippen molar-refractivity contribution in [3.05, 3.63) is 35.4 Å². The van der Waals surface area contributed by atoms with Gasteiger partial charge in [0.1, 0.15) is 0 Å². The molecule has 0 bridgehead atoms. The Morgan fingerprint density at radius 3 is 2.25 bits per heavy atom. The van der Waals surface area contributed by atoms with E-state index in [2.05, 4.69) is 19.1 Å². The summed E-state index contributed by atoms with van der Waals surface area (Å²) in [4.78, 5) is 0. The molecule has 12 heavy (non-hydrogen) atoms. The summed E-state index contributed by atoms with van der Waals surface area (Å²) in [6.45, 7) is 3.96. The van der Waals surface area contributed by atoms with Crippen LogP contribution >= 0.6 is 0 Å². The lowest BCUT2D eigenvalue weighted by Gasteiger charge is -2.05. The first-order chi connectivity index (χ1) is 5.74. The van der Waals surface area contributed by atoms with Crippen molar-refractivity contribution >= 4 is 0 Å². The highest BCUT2D eigenvalue weighted by atomic mass is 16.3. The van der Waals surface area contributed by atoms with Crippen LogP contribution in [0.1, 0.15) is 37.5 Å². The molecule has 0 aliphatic heterocycles. The number of benzene rings is 1. The van der Waals surface area contributed by atoms with Gasteiger partial charge in [-0.2, -0.15) is 0 Å². The summed E-state index contributed by atoms with van der Waals surface area (Å²) in [5, 5.41) is 9.24. The van der Waals surface area contributed by atoms with E-state index < -0.39 is 0 Å². The van der Waals surface area contributed by atoms with E-state index in [1.165, 1.54) is 12.0 Å². The molecule has 0 aromatic heterocycles. The van der Waals surface area contributed by atoms with Crippen LogP contribution in [0.5, 0.6) is 0 Å². The SMILES string of the molecule is CCCc1ccc([C@H](C)O)cc1. The number of rotatable bonds is 3. The second kappa shape index (κ2) is 4.27. The molecule has 66 valence electrons. The molecule has 1 aromatic rings. The second-order valence-electron chi connectivity index (χ2n) is 3.17. The van der Waals surface area contributed by atoms with Crippen molar-refractivity contribution in [2.75, 3.05) is 0 Å². The normalized spacial score (nSPS) is 12.9. The zero-order valence-electron chi connectivity index (χ0n) is 7.75. The van der Waals surface area contributed by atoms with Gasteiger partial charge in [0.05, 0.1) is 6.10 Å². The number of aliphatic hydroxyl groups excluding tert-OH is 1. The number of aryl methyl sites for hydroxylation is 1. The molecule has 0 unspecified atom stereocenters. The third-order valence-corrected chi connectivity index (χ3v) is 2.00. The van der Waals surface area contributed by atoms with Gasteiger partial charge in [-0.1, -0.05) is 37.6 Å². The van der Waals surface area contributed by atoms with Gasteiger partial charge in [-0.15, -0.1) is 0 Å². The maximum atomic E-state index is 9.24. The van der Waals surface area contributed by atoms with Crippen molar-refractivity contribution < 1.29 is 5.11 Å². The molecule has 1 heteroatoms. The molecule has 1 rings (SSSR count). The quantitative estimate of drug-likeness (QED) is 0.728. The average molecular weight is 164 g/mol. The largest absolute Gasteiger partial charge is 0.389 e. The lowest BCUT2D eigenvalue weighted by molar-refractivity contribution is 0.199. The van der Waals surface area contributed by atoms with Crippen LogP contribution in [-0.2, 0) is 6.42 Å². The highest BCUT2D eigenvalue weighted by Gasteiger charge is 1.98. The minimum atomic E-state index is -0.347. The van der Waals surface area contributed by atoms with E-state index in [4.69, 9.17) is 0 Å². The third kappa shape index (κ3) is 2.35. The molecule has 0 saturated carbocycles. The van der Waals surface area contributed by atoms with Crippen LogP contribution in [0.4, 0.5) is 0 Å². The second-order valence-corrected chi connectivity index (χ2v) is 3.17. The first-order valence-electron chi connectivity index (χ1n) is 4.51. The maximum Gasteiger partial charge on any atom is 0.0761 e. The Morgan fingerprint density at radius 1 is 1.25 bits per heavy atom. The minimum absolute atomic E-state index is 0.347. The van der Waals surface area contributed by atoms with E-state index in [0.29, 0.717) is 0 Å². The van der Waals surface area contributed by atoms with Crippen molar-refractivity contribution in [3.63, 3.8) is 0 Å². The molecule has 0 saturated heterocycles. The van der Waals surface area contributed by atoms with E-state index in [1.807, 2.05) is 12.1 Å². The summed E-state index contributed by atoms with van der Waals surface area (Å²) in [6, 6.07) is 8.17. The summed E-state index contributed by atoms with van der Waals surface area (Å²) in [6.07, 6.45) is 1.95. The van der Waals surface area contributed by atoms with Gasteiger partial charge in [-0.25, -0.2) is 0 Å². The third-order valence-electron chi connectivity index (χ3n) is 2.00. The van der Waals surface area contributed by atoms with E-state index in [0.717, 1.165) is 12.0 Å². The van der Waals surface area contributed by atoms with Crippen LogP contribution in [0.3, 0.4) is 0 Å². The van der Waals surface area contributed by atoms with Crippen LogP contribution in [-0.4, -0.2) is 5.11 Å². The molecule has 0 heterocycles. The first-order valence-corrected chi connectivity index (χ1v) is 4.51. The summed E-state index contributed by atoms with van der Waals surface area (Å²) >= 11 is 0. The molecule has 0 amide bonds. The lowest BCUT2D eigenvalue weighted by atomic mass is 10.1. The Kier molecular flexibility index (Phi) is 3.30. The number of hydrogen-bond donors (Lipinski definition) is 1. The Hall–Kier alpha value is -0.820. The molecule has 0 aliphatic rings. The molecular formula is C11H16O. The predicted octanol–water partition coefficient (Wildman–Crippen LogP) is 2.69. The summed E-state index contributed by atoms with van der Waals surface area (Å²) in [5.41, 5.74) is 2.34. The smallest absolute Gasteiger partial charge is 0.0761 e. The molecular weight excluding hydrogens is 148 g/mol. The molecule has 1 aromatic carbocycles. The summed E-state index contributed by atoms with van der Waals surface area (Å²) < 4.78 is 0. The Morgan fingerprint density at radius 2 is 1.83 bits per heavy atom. The standard InChI is InChI=1S/C11H16O/c1-3-4-10-5-7-11(8-6-10)9(2)12/h5-9,12H,3-4H2,1-2H3/t9-/m0/s1. The fourth-order valence-corrected chi connectivity index (χ4v) is 1.25. The Bertz CT molecular complexity index is 223. The van der Waals surface area contributed by atoms with E-state index in [9.17, 15) is 5.11 Å². The Labute approximate surface area is 74.1 Å². The topological polar surface area (TPSA) is 20.2 Å². The zero-order valence-corrected chi connectivity index (χ0v) is 7.75. The first kappa shape index (κ1) is 9.27. The van der Waals surface area contributed by atoms with E-state index in [1.54, 1.807) is 6.92 Å². The van der Waals surface area contributed by atoms with Gasteiger partial charge in [-0.05, 0) is 24.5 Å². The summed E-state index contributed by atoms with van der Waals surface area (Å²) in [5.74, 6) is 0. The fraction of sp³-hybridized carbons (Fsp3) is 0.455. The van der Waals surface area contributed by atoms with Gasteiger partial charge in [0.2, 0.25) is 0 Å². The van der Waals surface area contributed by atoms with Gasteiger partial charge in [-0.3, -0.25) is 0 Å². The van der Waals surface area contributed by atoms with Crippen LogP contribution < -0.4 is 0 Å². The molecule has 0 radical (unpaired) electrons. The average Bonchev–Trinajstić information content (AvgIpc) is 2.06. The van der Waals surface area contributed by atoms with Crippen molar-refractivity contribution in [1.29, 1.82) is 0 Å². The lowest BCUT2D eigenvalue weighted by Crippen LogP contribution is -1.91. The Balaban J connectivity index is 2.71. The zero-order chi connectivity index (χ0) is 8.97. The highest BCUT2D eigenvalue weighted by molar-refractivity contribution is 5.23. The number of aliphatic hydroxyl groups is 1. The van der Waals surface area contributed by atoms with Crippen molar-refractivity contribution in [2.24, 2.45) is 0 Å². The van der Waals surface area contributed by atoms with Crippen molar-refractivity contribution in [1.82, 2.24) is 0 Å². The van der Waals surface area contributed by atoms with Gasteiger partial charge in [0, 0.05) is 0 Å². The van der Waals surface area contributed by atoms with Crippen LogP contribution in [0, 0.1) is 0 Å². The molecule has 1 nitrogen and oxygen atoms in total. The monoisotopic (exact) mass is 164 g/mol. The van der Waals surface area contributed by atoms with Crippen molar-refractivity contribution in [2.45, 2.75) is 32.8 Å². The van der Waals surface area contributed by atoms with Crippen LogP contribution in [0.2, 0.25) is 0 Å². The van der Waals surface area contributed by atoms with Gasteiger partial charge in [0.25, 0.3) is 0 Å². The molecule has 0 aliphatic carbocycles. The van der Waals surface area contributed by atoms with Gasteiger partial charge >= 0.3 is 0 Å². The van der Waals surface area contributed by atoms with Crippen molar-refractivity contribution in [3.8, 4) is 0 Å². The molecule has 0 spiro atoms. The maximum absolute atomic E-state index is 9.24. The number of hydrogen-bond acceptors (Lipinski definition) is 1. The summed E-state index contributed by atoms with van der Waals surface area (Å²) in [7, 11) is 0. The van der Waals surface area contributed by atoms with Gasteiger partial charge < -0.3 is 5.11 Å². The highest BCUT2D eigenvalue weighted by Crippen LogP contribution is 2.13. The minimum Gasteiger partial charge on any atom is -0.389 e. The fourth-order valence-electron chi connectivity index (χ4n) is 1.25. The molecule has 1 N–H and O–H groups in total. The van der Waals surface area contributed by atoms with E-state index >= 15 is 0 Å². The molecule has 1 atom stereocenters.